The van der Waals surface area contributed by atoms with Crippen LogP contribution in [0.3, 0.4) is 0 Å². The minimum absolute atomic E-state index is 0.153. The van der Waals surface area contributed by atoms with Crippen LogP contribution < -0.4 is 10.6 Å². The van der Waals surface area contributed by atoms with Gasteiger partial charge in [-0.2, -0.15) is 0 Å². The Balaban J connectivity index is 1.49. The third-order valence-corrected chi connectivity index (χ3v) is 6.03. The van der Waals surface area contributed by atoms with Crippen molar-refractivity contribution in [1.29, 1.82) is 0 Å². The Kier molecular flexibility index (Phi) is 6.93. The third-order valence-electron chi connectivity index (χ3n) is 4.41. The van der Waals surface area contributed by atoms with E-state index in [-0.39, 0.29) is 24.1 Å². The highest BCUT2D eigenvalue weighted by atomic mass is 32.2. The molecule has 0 aliphatic rings. The number of anilines is 1. The monoisotopic (exact) mass is 464 g/mol. The Morgan fingerprint density at radius 1 is 1.09 bits per heavy atom. The quantitative estimate of drug-likeness (QED) is 0.386. The van der Waals surface area contributed by atoms with Crippen LogP contribution in [-0.2, 0) is 11.3 Å². The van der Waals surface area contributed by atoms with Gasteiger partial charge in [-0.25, -0.2) is 4.98 Å². The van der Waals surface area contributed by atoms with Gasteiger partial charge in [0.05, 0.1) is 12.3 Å². The van der Waals surface area contributed by atoms with Crippen molar-refractivity contribution in [3.8, 4) is 5.69 Å². The van der Waals surface area contributed by atoms with Crippen molar-refractivity contribution in [1.82, 2.24) is 25.1 Å². The first-order chi connectivity index (χ1) is 15.6. The van der Waals surface area contributed by atoms with Gasteiger partial charge in [0, 0.05) is 22.8 Å². The van der Waals surface area contributed by atoms with Crippen molar-refractivity contribution in [2.24, 2.45) is 0 Å². The van der Waals surface area contributed by atoms with Gasteiger partial charge in [-0.05, 0) is 31.2 Å². The molecule has 10 heteroatoms. The van der Waals surface area contributed by atoms with Gasteiger partial charge in [0.2, 0.25) is 5.91 Å². The normalized spacial score (nSPS) is 10.7. The van der Waals surface area contributed by atoms with Crippen molar-refractivity contribution in [3.05, 3.63) is 83.1 Å². The molecule has 0 aliphatic carbocycles. The van der Waals surface area contributed by atoms with Crippen LogP contribution in [0.25, 0.3) is 5.69 Å². The van der Waals surface area contributed by atoms with Gasteiger partial charge >= 0.3 is 0 Å². The number of para-hydroxylation sites is 1. The summed E-state index contributed by atoms with van der Waals surface area (Å²) in [5.41, 5.74) is 2.45. The zero-order valence-electron chi connectivity index (χ0n) is 17.2. The first-order valence-electron chi connectivity index (χ1n) is 9.77. The molecule has 0 spiro atoms. The fourth-order valence-corrected chi connectivity index (χ4v) is 4.28. The van der Waals surface area contributed by atoms with Gasteiger partial charge in [-0.1, -0.05) is 47.7 Å². The highest BCUT2D eigenvalue weighted by Gasteiger charge is 2.17. The standard InChI is InChI=1S/C22H20N6O2S2/c1-15-6-5-7-16(12-15)20(30)24-13-18-26-27-22(28(18)17-8-3-2-4-9-17)32-14-19(29)25-21-23-10-11-31-21/h2-12H,13-14H2,1H3,(H,24,30)(H,23,25,29). The predicted octanol–water partition coefficient (Wildman–Crippen LogP) is 3.69. The van der Waals surface area contributed by atoms with Crippen LogP contribution >= 0.6 is 23.1 Å². The number of hydrogen-bond acceptors (Lipinski definition) is 7. The molecule has 0 radical (unpaired) electrons. The van der Waals surface area contributed by atoms with E-state index in [1.807, 2.05) is 60.0 Å². The smallest absolute Gasteiger partial charge is 0.251 e. The first kappa shape index (κ1) is 21.7. The Hall–Kier alpha value is -3.50. The van der Waals surface area contributed by atoms with Crippen LogP contribution in [0.4, 0.5) is 5.13 Å². The summed E-state index contributed by atoms with van der Waals surface area (Å²) in [7, 11) is 0. The molecule has 2 heterocycles. The number of hydrogen-bond donors (Lipinski definition) is 2. The number of nitrogens with zero attached hydrogens (tertiary/aromatic N) is 4. The Bertz CT molecular complexity index is 1210. The highest BCUT2D eigenvalue weighted by molar-refractivity contribution is 7.99. The summed E-state index contributed by atoms with van der Waals surface area (Å²) in [5, 5.41) is 17.1. The van der Waals surface area contributed by atoms with E-state index < -0.39 is 0 Å². The van der Waals surface area contributed by atoms with E-state index in [0.717, 1.165) is 11.3 Å². The van der Waals surface area contributed by atoms with E-state index in [1.54, 1.807) is 17.6 Å². The molecule has 0 atom stereocenters. The molecule has 4 rings (SSSR count). The van der Waals surface area contributed by atoms with Crippen molar-refractivity contribution in [3.63, 3.8) is 0 Å². The minimum Gasteiger partial charge on any atom is -0.345 e. The van der Waals surface area contributed by atoms with Gasteiger partial charge in [0.25, 0.3) is 5.91 Å². The molecular formula is C22H20N6O2S2. The summed E-state index contributed by atoms with van der Waals surface area (Å²) in [6, 6.07) is 17.0. The molecular weight excluding hydrogens is 444 g/mol. The molecule has 0 aliphatic heterocycles. The number of aryl methyl sites for hydroxylation is 1. The summed E-state index contributed by atoms with van der Waals surface area (Å²) in [6.45, 7) is 2.14. The van der Waals surface area contributed by atoms with Crippen molar-refractivity contribution < 1.29 is 9.59 Å². The largest absolute Gasteiger partial charge is 0.345 e. The molecule has 2 amide bonds. The molecule has 2 aromatic carbocycles. The lowest BCUT2D eigenvalue weighted by Gasteiger charge is -2.11. The van der Waals surface area contributed by atoms with E-state index in [4.69, 9.17) is 0 Å². The van der Waals surface area contributed by atoms with Crippen LogP contribution in [0.5, 0.6) is 0 Å². The van der Waals surface area contributed by atoms with Crippen molar-refractivity contribution >= 4 is 40.0 Å². The number of thioether (sulfide) groups is 1. The topological polar surface area (TPSA) is 102 Å². The van der Waals surface area contributed by atoms with Crippen LogP contribution in [0.15, 0.2) is 71.3 Å². The highest BCUT2D eigenvalue weighted by Crippen LogP contribution is 2.22. The lowest BCUT2D eigenvalue weighted by molar-refractivity contribution is -0.113. The molecule has 8 nitrogen and oxygen atoms in total. The molecule has 0 saturated heterocycles. The molecule has 2 N–H and O–H groups in total. The summed E-state index contributed by atoms with van der Waals surface area (Å²) < 4.78 is 1.85. The second-order valence-corrected chi connectivity index (χ2v) is 8.63. The number of carbonyl (C=O) groups is 2. The van der Waals surface area contributed by atoms with E-state index in [0.29, 0.717) is 21.7 Å². The zero-order chi connectivity index (χ0) is 22.3. The molecule has 4 aromatic rings. The number of amides is 2. The maximum absolute atomic E-state index is 12.6. The summed E-state index contributed by atoms with van der Waals surface area (Å²) in [5.74, 6) is 0.357. The maximum atomic E-state index is 12.6. The average Bonchev–Trinajstić information content (AvgIpc) is 3.46. The van der Waals surface area contributed by atoms with Gasteiger partial charge in [-0.15, -0.1) is 21.5 Å². The van der Waals surface area contributed by atoms with Crippen LogP contribution in [0.2, 0.25) is 0 Å². The third kappa shape index (κ3) is 5.40. The number of aromatic nitrogens is 4. The fourth-order valence-electron chi connectivity index (χ4n) is 2.96. The molecule has 0 unspecified atom stereocenters. The summed E-state index contributed by atoms with van der Waals surface area (Å²) in [4.78, 5) is 28.9. The van der Waals surface area contributed by atoms with Gasteiger partial charge in [0.1, 0.15) is 0 Å². The maximum Gasteiger partial charge on any atom is 0.251 e. The average molecular weight is 465 g/mol. The fraction of sp³-hybridized carbons (Fsp3) is 0.136. The summed E-state index contributed by atoms with van der Waals surface area (Å²) in [6.07, 6.45) is 1.64. The summed E-state index contributed by atoms with van der Waals surface area (Å²) >= 11 is 2.63. The molecule has 0 saturated carbocycles. The van der Waals surface area contributed by atoms with Gasteiger partial charge < -0.3 is 10.6 Å². The van der Waals surface area contributed by atoms with Crippen LogP contribution in [-0.4, -0.2) is 37.3 Å². The lowest BCUT2D eigenvalue weighted by atomic mass is 10.1. The lowest BCUT2D eigenvalue weighted by Crippen LogP contribution is -2.24. The SMILES string of the molecule is Cc1cccc(C(=O)NCc2nnc(SCC(=O)Nc3nccs3)n2-c2ccccc2)c1. The molecule has 0 fully saturated rings. The molecule has 2 aromatic heterocycles. The first-order valence-corrected chi connectivity index (χ1v) is 11.6. The number of thiazole rings is 1. The molecule has 162 valence electrons. The predicted molar refractivity (Wildman–Crippen MR) is 125 cm³/mol. The number of nitrogens with one attached hydrogen (secondary N) is 2. The zero-order valence-corrected chi connectivity index (χ0v) is 18.8. The van der Waals surface area contributed by atoms with Crippen molar-refractivity contribution in [2.45, 2.75) is 18.6 Å². The Morgan fingerprint density at radius 2 is 1.94 bits per heavy atom. The second kappa shape index (κ2) is 10.2. The number of carbonyl (C=O) groups excluding carboxylic acids is 2. The van der Waals surface area contributed by atoms with E-state index in [9.17, 15) is 9.59 Å². The van der Waals surface area contributed by atoms with E-state index in [1.165, 1.54) is 23.1 Å². The van der Waals surface area contributed by atoms with Gasteiger partial charge in [0.15, 0.2) is 16.1 Å². The minimum atomic E-state index is -0.187. The van der Waals surface area contributed by atoms with Crippen molar-refractivity contribution in [2.75, 3.05) is 11.1 Å². The molecule has 0 bridgehead atoms. The Labute approximate surface area is 193 Å². The number of rotatable bonds is 8. The van der Waals surface area contributed by atoms with Gasteiger partial charge in [-0.3, -0.25) is 14.2 Å². The second-order valence-electron chi connectivity index (χ2n) is 6.80. The van der Waals surface area contributed by atoms with E-state index in [2.05, 4.69) is 25.8 Å². The number of benzene rings is 2. The van der Waals surface area contributed by atoms with Crippen LogP contribution in [0, 0.1) is 6.92 Å². The van der Waals surface area contributed by atoms with Crippen LogP contribution in [0.1, 0.15) is 21.7 Å². The van der Waals surface area contributed by atoms with E-state index >= 15 is 0 Å². The molecule has 32 heavy (non-hydrogen) atoms. The Morgan fingerprint density at radius 3 is 2.69 bits per heavy atom.